The molecule has 1 aliphatic heterocycles. The number of nitrogens with zero attached hydrogens (tertiary/aromatic N) is 2. The predicted molar refractivity (Wildman–Crippen MR) is 177 cm³/mol. The molecule has 1 fully saturated rings. The second kappa shape index (κ2) is 15.2. The van der Waals surface area contributed by atoms with Gasteiger partial charge in [0, 0.05) is 30.8 Å². The molecule has 12 heteroatoms. The number of benzene rings is 4. The Balaban J connectivity index is 1.01. The average Bonchev–Trinajstić information content (AvgIpc) is 3.49. The van der Waals surface area contributed by atoms with Crippen molar-refractivity contribution in [2.75, 3.05) is 19.7 Å². The van der Waals surface area contributed by atoms with E-state index in [-0.39, 0.29) is 11.9 Å². The molecule has 1 atom stereocenters. The lowest BCUT2D eigenvalue weighted by molar-refractivity contribution is -0.274. The van der Waals surface area contributed by atoms with Gasteiger partial charge in [-0.25, -0.2) is 4.98 Å². The van der Waals surface area contributed by atoms with Crippen molar-refractivity contribution in [3.63, 3.8) is 0 Å². The fourth-order valence-corrected chi connectivity index (χ4v) is 6.59. The molecular weight excluding hydrogens is 642 g/mol. The molecule has 1 saturated heterocycles. The Morgan fingerprint density at radius 3 is 2.40 bits per heavy atom. The highest BCUT2D eigenvalue weighted by atomic mass is 31.1. The van der Waals surface area contributed by atoms with Crippen molar-refractivity contribution in [1.29, 1.82) is 0 Å². The number of hydrogen-bond donors (Lipinski definition) is 1. The molecule has 1 aliphatic rings. The molecule has 2 heterocycles. The molecule has 0 radical (unpaired) electrons. The Morgan fingerprint density at radius 1 is 0.896 bits per heavy atom. The summed E-state index contributed by atoms with van der Waals surface area (Å²) in [6.45, 7) is 5.15. The number of likely N-dealkylation sites (tertiary alicyclic amines) is 1. The summed E-state index contributed by atoms with van der Waals surface area (Å²) in [6, 6.07) is 27.3. The van der Waals surface area contributed by atoms with Crippen LogP contribution in [0, 0.1) is 0 Å². The molecule has 0 spiro atoms. The summed E-state index contributed by atoms with van der Waals surface area (Å²) < 4.78 is 71.3. The topological polar surface area (TPSA) is 85.9 Å². The molecule has 8 nitrogen and oxygen atoms in total. The van der Waals surface area contributed by atoms with Crippen LogP contribution in [0.1, 0.15) is 36.5 Å². The van der Waals surface area contributed by atoms with Crippen LogP contribution in [0.4, 0.5) is 13.2 Å². The second-order valence-electron chi connectivity index (χ2n) is 11.6. The van der Waals surface area contributed by atoms with Crippen molar-refractivity contribution in [3.8, 4) is 28.6 Å². The zero-order valence-corrected chi connectivity index (χ0v) is 27.3. The van der Waals surface area contributed by atoms with E-state index in [2.05, 4.69) is 31.7 Å². The van der Waals surface area contributed by atoms with Crippen LogP contribution in [0.3, 0.4) is 0 Å². The quantitative estimate of drug-likeness (QED) is 0.124. The number of rotatable bonds is 13. The average molecular weight is 679 g/mol. The van der Waals surface area contributed by atoms with Gasteiger partial charge in [-0.15, -0.1) is 17.7 Å². The predicted octanol–water partition coefficient (Wildman–Crippen LogP) is 9.03. The van der Waals surface area contributed by atoms with Gasteiger partial charge >= 0.3 is 14.4 Å². The summed E-state index contributed by atoms with van der Waals surface area (Å²) >= 11 is 0. The van der Waals surface area contributed by atoms with Gasteiger partial charge in [0.2, 0.25) is 6.16 Å². The summed E-state index contributed by atoms with van der Waals surface area (Å²) in [5.41, 5.74) is 5.37. The van der Waals surface area contributed by atoms with Gasteiger partial charge in [0.15, 0.2) is 11.5 Å². The van der Waals surface area contributed by atoms with Gasteiger partial charge in [-0.3, -0.25) is 4.90 Å². The van der Waals surface area contributed by atoms with Crippen molar-refractivity contribution in [3.05, 3.63) is 108 Å². The molecule has 6 rings (SSSR count). The van der Waals surface area contributed by atoms with Crippen molar-refractivity contribution in [2.24, 2.45) is 0 Å². The SMILES string of the molecule is CCO[P+](=O)Cc1cccc(COc2ccccc2OC2CCN(Cc3ccc4nc(-c5ccc(OC(F)(F)F)cc5)[nH]c4c3)CC2)c1. The van der Waals surface area contributed by atoms with Crippen LogP contribution in [-0.2, 0) is 28.4 Å². The highest BCUT2D eigenvalue weighted by molar-refractivity contribution is 7.38. The van der Waals surface area contributed by atoms with Gasteiger partial charge < -0.3 is 19.2 Å². The van der Waals surface area contributed by atoms with E-state index in [1.807, 2.05) is 61.5 Å². The van der Waals surface area contributed by atoms with Crippen LogP contribution in [0.25, 0.3) is 22.4 Å². The van der Waals surface area contributed by atoms with Crippen molar-refractivity contribution >= 4 is 19.1 Å². The fourth-order valence-electron chi connectivity index (χ4n) is 5.71. The molecule has 5 aromatic rings. The number of nitrogens with one attached hydrogen (secondary N) is 1. The maximum absolute atomic E-state index is 12.5. The Bertz CT molecular complexity index is 1840. The molecular formula is C36H36F3N3O5P+. The number of H-pyrrole nitrogens is 1. The van der Waals surface area contributed by atoms with Crippen LogP contribution < -0.4 is 14.2 Å². The molecule has 1 aromatic heterocycles. The van der Waals surface area contributed by atoms with Crippen LogP contribution in [-0.4, -0.2) is 47.0 Å². The molecule has 1 unspecified atom stereocenters. The third-order valence-electron chi connectivity index (χ3n) is 7.96. The van der Waals surface area contributed by atoms with E-state index in [0.29, 0.717) is 36.5 Å². The van der Waals surface area contributed by atoms with Gasteiger partial charge in [0.05, 0.1) is 17.6 Å². The lowest BCUT2D eigenvalue weighted by atomic mass is 10.1. The van der Waals surface area contributed by atoms with Crippen molar-refractivity contribution < 1.29 is 36.5 Å². The summed E-state index contributed by atoms with van der Waals surface area (Å²) in [4.78, 5) is 10.3. The van der Waals surface area contributed by atoms with Gasteiger partial charge in [-0.2, -0.15) is 0 Å². The first kappa shape index (κ1) is 33.5. The molecule has 0 aliphatic carbocycles. The Morgan fingerprint density at radius 2 is 1.65 bits per heavy atom. The Hall–Kier alpha value is -4.44. The monoisotopic (exact) mass is 678 g/mol. The molecule has 0 amide bonds. The largest absolute Gasteiger partial charge is 0.573 e. The minimum Gasteiger partial charge on any atom is -0.486 e. The standard InChI is InChI=1S/C36H36F3N3O5P/c1-2-45-48(43)24-27-7-5-6-26(20-27)23-44-33-8-3-4-9-34(33)46-29-16-18-42(19-17-29)22-25-10-15-31-32(21-25)41-35(40-31)28-11-13-30(14-12-28)47-36(37,38)39/h3-15,20-21,29H,2,16-19,22-24H2,1H3,(H,40,41)/q+1. The summed E-state index contributed by atoms with van der Waals surface area (Å²) in [5, 5.41) is 0. The Kier molecular flexibility index (Phi) is 10.6. The maximum atomic E-state index is 12.5. The number of fused-ring (bicyclic) bond motifs is 1. The van der Waals surface area contributed by atoms with E-state index in [4.69, 9.17) is 14.0 Å². The van der Waals surface area contributed by atoms with Crippen LogP contribution in [0.2, 0.25) is 0 Å². The first-order valence-corrected chi connectivity index (χ1v) is 17.2. The maximum Gasteiger partial charge on any atom is 0.573 e. The molecule has 48 heavy (non-hydrogen) atoms. The van der Waals surface area contributed by atoms with E-state index in [1.165, 1.54) is 12.1 Å². The van der Waals surface area contributed by atoms with Crippen molar-refractivity contribution in [1.82, 2.24) is 14.9 Å². The molecule has 0 bridgehead atoms. The van der Waals surface area contributed by atoms with Gasteiger partial charge in [-0.1, -0.05) is 36.4 Å². The number of imidazole rings is 1. The number of alkyl halides is 3. The third kappa shape index (κ3) is 9.13. The van der Waals surface area contributed by atoms with E-state index in [1.54, 1.807) is 12.1 Å². The van der Waals surface area contributed by atoms with E-state index in [0.717, 1.165) is 65.9 Å². The molecule has 0 saturated carbocycles. The first-order valence-electron chi connectivity index (χ1n) is 15.8. The van der Waals surface area contributed by atoms with E-state index >= 15 is 0 Å². The number of ether oxygens (including phenoxy) is 3. The number of piperidine rings is 1. The number of halogens is 3. The second-order valence-corrected chi connectivity index (χ2v) is 12.8. The molecule has 1 N–H and O–H groups in total. The minimum absolute atomic E-state index is 0.0646. The zero-order chi connectivity index (χ0) is 33.5. The smallest absolute Gasteiger partial charge is 0.486 e. The summed E-state index contributed by atoms with van der Waals surface area (Å²) in [5.74, 6) is 1.70. The van der Waals surface area contributed by atoms with Crippen LogP contribution >= 0.6 is 8.03 Å². The number of aromatic nitrogens is 2. The summed E-state index contributed by atoms with van der Waals surface area (Å²) in [7, 11) is -1.72. The lowest BCUT2D eigenvalue weighted by Gasteiger charge is -2.32. The van der Waals surface area contributed by atoms with Crippen LogP contribution in [0.15, 0.2) is 91.0 Å². The highest BCUT2D eigenvalue weighted by Crippen LogP contribution is 2.32. The van der Waals surface area contributed by atoms with E-state index < -0.39 is 14.4 Å². The van der Waals surface area contributed by atoms with Gasteiger partial charge in [-0.05, 0) is 90.1 Å². The van der Waals surface area contributed by atoms with Crippen LogP contribution in [0.5, 0.6) is 17.2 Å². The zero-order valence-electron chi connectivity index (χ0n) is 26.4. The lowest BCUT2D eigenvalue weighted by Crippen LogP contribution is -2.37. The number of para-hydroxylation sites is 2. The number of hydrogen-bond acceptors (Lipinski definition) is 7. The normalized spacial score (nSPS) is 14.6. The van der Waals surface area contributed by atoms with Gasteiger partial charge in [0.1, 0.15) is 24.3 Å². The summed E-state index contributed by atoms with van der Waals surface area (Å²) in [6.07, 6.45) is -2.55. The third-order valence-corrected chi connectivity index (χ3v) is 9.13. The molecule has 4 aromatic carbocycles. The van der Waals surface area contributed by atoms with E-state index in [9.17, 15) is 17.7 Å². The minimum atomic E-state index is -4.73. The number of aromatic amines is 1. The van der Waals surface area contributed by atoms with Gasteiger partial charge in [0.25, 0.3) is 0 Å². The fraction of sp³-hybridized carbons (Fsp3) is 0.306. The Labute approximate surface area is 277 Å². The molecule has 250 valence electrons. The first-order chi connectivity index (χ1) is 23.2. The van der Waals surface area contributed by atoms with Crippen molar-refractivity contribution in [2.45, 2.75) is 51.5 Å². The highest BCUT2D eigenvalue weighted by Gasteiger charge is 2.31.